The molecule has 134 valence electrons. The number of carbonyl (C=O) groups is 2. The molecule has 0 saturated carbocycles. The maximum absolute atomic E-state index is 13.4. The lowest BCUT2D eigenvalue weighted by Gasteiger charge is -2.25. The van der Waals surface area contributed by atoms with Crippen molar-refractivity contribution in [1.29, 1.82) is 0 Å². The molecule has 0 fully saturated rings. The summed E-state index contributed by atoms with van der Waals surface area (Å²) in [5, 5.41) is 0. The van der Waals surface area contributed by atoms with Gasteiger partial charge in [0.15, 0.2) is 11.6 Å². The lowest BCUT2D eigenvalue weighted by atomic mass is 9.76. The van der Waals surface area contributed by atoms with E-state index in [-0.39, 0.29) is 29.3 Å². The van der Waals surface area contributed by atoms with E-state index in [9.17, 15) is 9.59 Å². The zero-order valence-corrected chi connectivity index (χ0v) is 15.3. The fourth-order valence-electron chi connectivity index (χ4n) is 4.27. The van der Waals surface area contributed by atoms with E-state index in [4.69, 9.17) is 0 Å². The van der Waals surface area contributed by atoms with Crippen molar-refractivity contribution in [1.82, 2.24) is 0 Å². The highest BCUT2D eigenvalue weighted by Gasteiger charge is 2.42. The van der Waals surface area contributed by atoms with E-state index in [1.807, 2.05) is 85.8 Å². The summed E-state index contributed by atoms with van der Waals surface area (Å²) in [5.41, 5.74) is 3.68. The summed E-state index contributed by atoms with van der Waals surface area (Å²) in [6, 6.07) is 26.9. The van der Waals surface area contributed by atoms with Crippen LogP contribution in [-0.4, -0.2) is 11.6 Å². The molecule has 0 amide bonds. The number of fused-ring (bicyclic) bond motifs is 1. The van der Waals surface area contributed by atoms with Crippen molar-refractivity contribution < 1.29 is 9.59 Å². The molecule has 3 unspecified atom stereocenters. The highest BCUT2D eigenvalue weighted by atomic mass is 16.1. The number of Topliss-reactive ketones (excluding diaryl/α,β-unsaturated/α-hetero) is 2. The molecule has 0 spiro atoms. The van der Waals surface area contributed by atoms with Crippen LogP contribution >= 0.6 is 0 Å². The molecule has 0 heterocycles. The molecular formula is C25H22O2. The number of rotatable bonds is 5. The molecule has 3 aromatic carbocycles. The maximum Gasteiger partial charge on any atom is 0.170 e. The van der Waals surface area contributed by atoms with E-state index in [0.29, 0.717) is 11.1 Å². The molecule has 0 bridgehead atoms. The highest BCUT2D eigenvalue weighted by Crippen LogP contribution is 2.44. The third-order valence-corrected chi connectivity index (χ3v) is 5.73. The molecule has 2 nitrogen and oxygen atoms in total. The first kappa shape index (κ1) is 17.4. The van der Waals surface area contributed by atoms with Crippen molar-refractivity contribution >= 4 is 11.6 Å². The van der Waals surface area contributed by atoms with Gasteiger partial charge in [-0.25, -0.2) is 0 Å². The molecule has 3 aromatic rings. The molecule has 0 aliphatic heterocycles. The number of benzene rings is 3. The van der Waals surface area contributed by atoms with Gasteiger partial charge in [-0.1, -0.05) is 91.9 Å². The quantitative estimate of drug-likeness (QED) is 0.579. The van der Waals surface area contributed by atoms with Crippen LogP contribution in [0.25, 0.3) is 0 Å². The Hall–Kier alpha value is -3.00. The monoisotopic (exact) mass is 354 g/mol. The normalized spacial score (nSPS) is 19.3. The van der Waals surface area contributed by atoms with Gasteiger partial charge in [0, 0.05) is 17.0 Å². The van der Waals surface area contributed by atoms with Gasteiger partial charge in [0.05, 0.1) is 5.92 Å². The van der Waals surface area contributed by atoms with E-state index in [1.54, 1.807) is 0 Å². The second kappa shape index (κ2) is 7.32. The Labute approximate surface area is 159 Å². The third kappa shape index (κ3) is 3.23. The first-order chi connectivity index (χ1) is 13.2. The van der Waals surface area contributed by atoms with Gasteiger partial charge in [-0.3, -0.25) is 9.59 Å². The minimum atomic E-state index is -0.272. The SMILES string of the molecule is CC(C(=O)c1ccccc1)C1Cc2ccccc2C1C(=O)c1ccccc1. The first-order valence-corrected chi connectivity index (χ1v) is 9.43. The van der Waals surface area contributed by atoms with Crippen molar-refractivity contribution in [3.8, 4) is 0 Å². The number of hydrogen-bond donors (Lipinski definition) is 0. The molecule has 3 atom stereocenters. The second-order valence-corrected chi connectivity index (χ2v) is 7.29. The summed E-state index contributed by atoms with van der Waals surface area (Å²) in [5.74, 6) is -0.302. The Bertz CT molecular complexity index is 960. The van der Waals surface area contributed by atoms with Crippen LogP contribution in [0.1, 0.15) is 44.7 Å². The van der Waals surface area contributed by atoms with Crippen molar-refractivity contribution in [3.05, 3.63) is 107 Å². The molecule has 0 saturated heterocycles. The molecule has 0 aromatic heterocycles. The van der Waals surface area contributed by atoms with Gasteiger partial charge in [0.2, 0.25) is 0 Å². The van der Waals surface area contributed by atoms with Gasteiger partial charge in [-0.05, 0) is 23.5 Å². The molecule has 0 N–H and O–H groups in total. The fraction of sp³-hybridized carbons (Fsp3) is 0.200. The van der Waals surface area contributed by atoms with E-state index in [2.05, 4.69) is 6.07 Å². The van der Waals surface area contributed by atoms with Gasteiger partial charge in [0.1, 0.15) is 0 Å². The van der Waals surface area contributed by atoms with Crippen LogP contribution in [0.3, 0.4) is 0 Å². The number of hydrogen-bond acceptors (Lipinski definition) is 2. The van der Waals surface area contributed by atoms with Crippen LogP contribution in [0.2, 0.25) is 0 Å². The van der Waals surface area contributed by atoms with Crippen LogP contribution in [0.5, 0.6) is 0 Å². The lowest BCUT2D eigenvalue weighted by molar-refractivity contribution is 0.0835. The van der Waals surface area contributed by atoms with Crippen LogP contribution < -0.4 is 0 Å². The highest BCUT2D eigenvalue weighted by molar-refractivity contribution is 6.03. The molecule has 27 heavy (non-hydrogen) atoms. The predicted octanol–water partition coefficient (Wildman–Crippen LogP) is 5.34. The van der Waals surface area contributed by atoms with Gasteiger partial charge in [-0.15, -0.1) is 0 Å². The minimum Gasteiger partial charge on any atom is -0.294 e. The Morgan fingerprint density at radius 1 is 0.778 bits per heavy atom. The van der Waals surface area contributed by atoms with Crippen molar-refractivity contribution in [2.75, 3.05) is 0 Å². The van der Waals surface area contributed by atoms with Crippen LogP contribution in [-0.2, 0) is 6.42 Å². The summed E-state index contributed by atoms with van der Waals surface area (Å²) in [6.45, 7) is 1.97. The summed E-state index contributed by atoms with van der Waals surface area (Å²) in [7, 11) is 0. The summed E-state index contributed by atoms with van der Waals surface area (Å²) in [4.78, 5) is 26.4. The predicted molar refractivity (Wildman–Crippen MR) is 107 cm³/mol. The van der Waals surface area contributed by atoms with E-state index >= 15 is 0 Å². The van der Waals surface area contributed by atoms with E-state index in [1.165, 1.54) is 5.56 Å². The molecular weight excluding hydrogens is 332 g/mol. The van der Waals surface area contributed by atoms with Gasteiger partial charge in [-0.2, -0.15) is 0 Å². The molecule has 1 aliphatic carbocycles. The molecule has 0 radical (unpaired) electrons. The molecule has 2 heteroatoms. The molecule has 1 aliphatic rings. The fourth-order valence-corrected chi connectivity index (χ4v) is 4.27. The average Bonchev–Trinajstić information content (AvgIpc) is 3.13. The van der Waals surface area contributed by atoms with Crippen molar-refractivity contribution in [2.45, 2.75) is 19.3 Å². The minimum absolute atomic E-state index is 0.0252. The van der Waals surface area contributed by atoms with Gasteiger partial charge < -0.3 is 0 Å². The number of ketones is 2. The standard InChI is InChI=1S/C25H22O2/c1-17(24(26)18-10-4-2-5-11-18)22-16-20-14-8-9-15-21(20)23(22)25(27)19-12-6-3-7-13-19/h2-15,17,22-23H,16H2,1H3. The zero-order valence-electron chi connectivity index (χ0n) is 15.3. The largest absolute Gasteiger partial charge is 0.294 e. The first-order valence-electron chi connectivity index (χ1n) is 9.43. The van der Waals surface area contributed by atoms with Gasteiger partial charge >= 0.3 is 0 Å². The average molecular weight is 354 g/mol. The topological polar surface area (TPSA) is 34.1 Å². The Morgan fingerprint density at radius 2 is 1.33 bits per heavy atom. The Balaban J connectivity index is 1.71. The van der Waals surface area contributed by atoms with E-state index < -0.39 is 0 Å². The summed E-state index contributed by atoms with van der Waals surface area (Å²) in [6.07, 6.45) is 0.763. The molecule has 4 rings (SSSR count). The summed E-state index contributed by atoms with van der Waals surface area (Å²) >= 11 is 0. The van der Waals surface area contributed by atoms with Crippen molar-refractivity contribution in [3.63, 3.8) is 0 Å². The van der Waals surface area contributed by atoms with Crippen molar-refractivity contribution in [2.24, 2.45) is 11.8 Å². The van der Waals surface area contributed by atoms with Crippen LogP contribution in [0.15, 0.2) is 84.9 Å². The Kier molecular flexibility index (Phi) is 4.72. The van der Waals surface area contributed by atoms with E-state index in [0.717, 1.165) is 12.0 Å². The second-order valence-electron chi connectivity index (χ2n) is 7.29. The lowest BCUT2D eigenvalue weighted by Crippen LogP contribution is -2.28. The number of carbonyl (C=O) groups excluding carboxylic acids is 2. The smallest absolute Gasteiger partial charge is 0.170 e. The van der Waals surface area contributed by atoms with Gasteiger partial charge in [0.25, 0.3) is 0 Å². The summed E-state index contributed by atoms with van der Waals surface area (Å²) < 4.78 is 0. The maximum atomic E-state index is 13.4. The Morgan fingerprint density at radius 3 is 2.00 bits per heavy atom. The third-order valence-electron chi connectivity index (χ3n) is 5.73. The zero-order chi connectivity index (χ0) is 18.8. The van der Waals surface area contributed by atoms with Crippen LogP contribution in [0, 0.1) is 11.8 Å². The van der Waals surface area contributed by atoms with Crippen LogP contribution in [0.4, 0.5) is 0 Å².